The fraction of sp³-hybridized carbons (Fsp3) is 0.0625. The molecule has 1 N–H and O–H groups in total. The summed E-state index contributed by atoms with van der Waals surface area (Å²) >= 11 is 0. The first-order chi connectivity index (χ1) is 10.3. The third kappa shape index (κ3) is 1.99. The lowest BCUT2D eigenvalue weighted by atomic mass is 10.1. The molecule has 0 atom stereocenters. The van der Waals surface area contributed by atoms with Gasteiger partial charge >= 0.3 is 0 Å². The lowest BCUT2D eigenvalue weighted by Gasteiger charge is -2.09. The Morgan fingerprint density at radius 1 is 0.952 bits per heavy atom. The van der Waals surface area contributed by atoms with Crippen LogP contribution in [0.25, 0.3) is 21.8 Å². The van der Waals surface area contributed by atoms with Crippen LogP contribution in [0.4, 0.5) is 11.4 Å². The van der Waals surface area contributed by atoms with Gasteiger partial charge in [-0.05, 0) is 29.7 Å². The molecule has 0 unspecified atom stereocenters. The second-order valence-electron chi connectivity index (χ2n) is 4.89. The van der Waals surface area contributed by atoms with Gasteiger partial charge in [-0.2, -0.15) is 15.0 Å². The molecule has 0 fully saturated rings. The average molecular weight is 275 g/mol. The van der Waals surface area contributed by atoms with Gasteiger partial charge in [-0.3, -0.25) is 4.98 Å². The van der Waals surface area contributed by atoms with Crippen molar-refractivity contribution in [3.8, 4) is 0 Å². The van der Waals surface area contributed by atoms with E-state index in [0.717, 1.165) is 33.2 Å². The van der Waals surface area contributed by atoms with Crippen molar-refractivity contribution in [3.05, 3.63) is 54.9 Å². The normalized spacial score (nSPS) is 11.1. The number of aromatic nitrogens is 4. The van der Waals surface area contributed by atoms with E-state index in [1.165, 1.54) is 0 Å². The first-order valence-corrected chi connectivity index (χ1v) is 6.71. The van der Waals surface area contributed by atoms with Crippen LogP contribution in [0.15, 0.2) is 54.9 Å². The van der Waals surface area contributed by atoms with Crippen molar-refractivity contribution in [1.29, 1.82) is 0 Å². The molecule has 2 aromatic carbocycles. The molecule has 0 aliphatic carbocycles. The molecule has 21 heavy (non-hydrogen) atoms. The minimum absolute atomic E-state index is 0.862. The van der Waals surface area contributed by atoms with Crippen LogP contribution in [-0.2, 0) is 7.05 Å². The summed E-state index contributed by atoms with van der Waals surface area (Å²) < 4.78 is 0. The topological polar surface area (TPSA) is 55.6 Å². The molecule has 5 nitrogen and oxygen atoms in total. The minimum atomic E-state index is 0.862. The second kappa shape index (κ2) is 4.56. The molecule has 102 valence electrons. The van der Waals surface area contributed by atoms with Gasteiger partial charge in [0.05, 0.1) is 5.69 Å². The number of pyridine rings is 1. The van der Waals surface area contributed by atoms with Crippen LogP contribution in [0, 0.1) is 0 Å². The molecular formula is C16H13N5. The molecule has 2 heterocycles. The fourth-order valence-electron chi connectivity index (χ4n) is 2.51. The zero-order valence-electron chi connectivity index (χ0n) is 11.5. The molecular weight excluding hydrogens is 262 g/mol. The Morgan fingerprint density at radius 3 is 2.76 bits per heavy atom. The van der Waals surface area contributed by atoms with Gasteiger partial charge in [-0.15, -0.1) is 0 Å². The molecule has 2 aromatic heterocycles. The number of anilines is 2. The first kappa shape index (κ1) is 11.8. The lowest BCUT2D eigenvalue weighted by molar-refractivity contribution is 0.665. The SMILES string of the molecule is Cn1nc2cccc(Nc3cccc4ccncc34)c2n1. The van der Waals surface area contributed by atoms with E-state index >= 15 is 0 Å². The predicted octanol–water partition coefficient (Wildman–Crippen LogP) is 3.26. The number of nitrogens with one attached hydrogen (secondary N) is 1. The summed E-state index contributed by atoms with van der Waals surface area (Å²) in [5, 5.41) is 14.4. The molecule has 0 bridgehead atoms. The molecule has 4 rings (SSSR count). The summed E-state index contributed by atoms with van der Waals surface area (Å²) in [4.78, 5) is 5.79. The largest absolute Gasteiger partial charge is 0.353 e. The second-order valence-corrected chi connectivity index (χ2v) is 4.89. The Labute approximate surface area is 121 Å². The van der Waals surface area contributed by atoms with Gasteiger partial charge in [0.2, 0.25) is 0 Å². The lowest BCUT2D eigenvalue weighted by Crippen LogP contribution is -1.94. The third-order valence-corrected chi connectivity index (χ3v) is 3.46. The Kier molecular flexibility index (Phi) is 2.57. The summed E-state index contributed by atoms with van der Waals surface area (Å²) in [7, 11) is 1.83. The first-order valence-electron chi connectivity index (χ1n) is 6.71. The van der Waals surface area contributed by atoms with E-state index in [0.29, 0.717) is 0 Å². The number of hydrogen-bond donors (Lipinski definition) is 1. The maximum atomic E-state index is 4.42. The van der Waals surface area contributed by atoms with Crippen LogP contribution in [0.3, 0.4) is 0 Å². The Hall–Kier alpha value is -2.95. The Bertz CT molecular complexity index is 936. The number of nitrogens with zero attached hydrogens (tertiary/aromatic N) is 4. The van der Waals surface area contributed by atoms with E-state index in [1.807, 2.05) is 49.6 Å². The molecule has 5 heteroatoms. The van der Waals surface area contributed by atoms with Gasteiger partial charge in [0.1, 0.15) is 11.0 Å². The van der Waals surface area contributed by atoms with Crippen molar-refractivity contribution in [2.24, 2.45) is 7.05 Å². The number of aryl methyl sites for hydroxylation is 1. The van der Waals surface area contributed by atoms with Crippen molar-refractivity contribution >= 4 is 33.2 Å². The van der Waals surface area contributed by atoms with Crippen LogP contribution in [0.1, 0.15) is 0 Å². The maximum absolute atomic E-state index is 4.42. The summed E-state index contributed by atoms with van der Waals surface area (Å²) in [6.45, 7) is 0. The van der Waals surface area contributed by atoms with Gasteiger partial charge in [-0.1, -0.05) is 18.2 Å². The number of benzene rings is 2. The zero-order valence-corrected chi connectivity index (χ0v) is 11.5. The van der Waals surface area contributed by atoms with E-state index < -0.39 is 0 Å². The van der Waals surface area contributed by atoms with E-state index in [-0.39, 0.29) is 0 Å². The highest BCUT2D eigenvalue weighted by molar-refractivity contribution is 5.98. The van der Waals surface area contributed by atoms with E-state index in [2.05, 4.69) is 26.6 Å². The van der Waals surface area contributed by atoms with Crippen LogP contribution < -0.4 is 5.32 Å². The van der Waals surface area contributed by atoms with E-state index in [1.54, 1.807) is 11.0 Å². The van der Waals surface area contributed by atoms with Crippen LogP contribution in [0.2, 0.25) is 0 Å². The summed E-state index contributed by atoms with van der Waals surface area (Å²) in [5.41, 5.74) is 3.69. The summed E-state index contributed by atoms with van der Waals surface area (Å²) in [5.74, 6) is 0. The molecule has 0 amide bonds. The van der Waals surface area contributed by atoms with Crippen molar-refractivity contribution in [2.45, 2.75) is 0 Å². The number of rotatable bonds is 2. The molecule has 0 spiro atoms. The quantitative estimate of drug-likeness (QED) is 0.610. The average Bonchev–Trinajstić information content (AvgIpc) is 2.89. The van der Waals surface area contributed by atoms with Crippen molar-refractivity contribution in [1.82, 2.24) is 20.0 Å². The van der Waals surface area contributed by atoms with Gasteiger partial charge in [0.25, 0.3) is 0 Å². The van der Waals surface area contributed by atoms with Gasteiger partial charge < -0.3 is 5.32 Å². The highest BCUT2D eigenvalue weighted by Crippen LogP contribution is 2.28. The highest BCUT2D eigenvalue weighted by Gasteiger charge is 2.08. The van der Waals surface area contributed by atoms with Gasteiger partial charge in [0, 0.05) is 30.5 Å². The van der Waals surface area contributed by atoms with Crippen molar-refractivity contribution in [2.75, 3.05) is 5.32 Å². The van der Waals surface area contributed by atoms with Gasteiger partial charge in [-0.25, -0.2) is 0 Å². The molecule has 0 aliphatic heterocycles. The smallest absolute Gasteiger partial charge is 0.136 e. The summed E-state index contributed by atoms with van der Waals surface area (Å²) in [6, 6.07) is 14.1. The molecule has 0 saturated heterocycles. The van der Waals surface area contributed by atoms with Crippen molar-refractivity contribution < 1.29 is 0 Å². The molecule has 0 saturated carbocycles. The van der Waals surface area contributed by atoms with Crippen LogP contribution in [0.5, 0.6) is 0 Å². The maximum Gasteiger partial charge on any atom is 0.136 e. The van der Waals surface area contributed by atoms with Gasteiger partial charge in [0.15, 0.2) is 0 Å². The molecule has 0 aliphatic rings. The van der Waals surface area contributed by atoms with E-state index in [4.69, 9.17) is 0 Å². The monoisotopic (exact) mass is 275 g/mol. The predicted molar refractivity (Wildman–Crippen MR) is 83.5 cm³/mol. The molecule has 4 aromatic rings. The van der Waals surface area contributed by atoms with E-state index in [9.17, 15) is 0 Å². The van der Waals surface area contributed by atoms with Crippen molar-refractivity contribution in [3.63, 3.8) is 0 Å². The fourth-order valence-corrected chi connectivity index (χ4v) is 2.51. The zero-order chi connectivity index (χ0) is 14.2. The highest BCUT2D eigenvalue weighted by atomic mass is 15.5. The summed E-state index contributed by atoms with van der Waals surface area (Å²) in [6.07, 6.45) is 3.67. The minimum Gasteiger partial charge on any atom is -0.353 e. The Balaban J connectivity index is 1.87. The number of hydrogen-bond acceptors (Lipinski definition) is 4. The standard InChI is InChI=1S/C16H13N5/c1-21-19-15-7-3-6-14(16(15)20-21)18-13-5-2-4-11-8-9-17-10-12(11)13/h2-10,18H,1H3. The molecule has 0 radical (unpaired) electrons. The Morgan fingerprint density at radius 2 is 1.81 bits per heavy atom. The van der Waals surface area contributed by atoms with Crippen LogP contribution in [-0.4, -0.2) is 20.0 Å². The number of fused-ring (bicyclic) bond motifs is 2. The van der Waals surface area contributed by atoms with Crippen LogP contribution >= 0.6 is 0 Å². The third-order valence-electron chi connectivity index (χ3n) is 3.46.